The lowest BCUT2D eigenvalue weighted by Gasteiger charge is -2.24. The van der Waals surface area contributed by atoms with E-state index in [-0.39, 0.29) is 18.2 Å². The molecule has 6 heteroatoms. The molecular formula is C25H23N3O2S. The summed E-state index contributed by atoms with van der Waals surface area (Å²) in [6.07, 6.45) is 0.0337. The van der Waals surface area contributed by atoms with Gasteiger partial charge in [-0.25, -0.2) is 0 Å². The van der Waals surface area contributed by atoms with Crippen molar-refractivity contribution in [2.24, 2.45) is 0 Å². The molecule has 1 aliphatic heterocycles. The standard InChI is InChI=1S/C25H23N3O2S/c29-23(26-21-14-8-3-9-15-21)16-22-24(30)28(18-20-12-6-2-7-13-20)25(31)27(22)17-19-10-4-1-5-11-19/h1-15,22H,16-18H2,(H,26,29)/t22-/m1/s1. The van der Waals surface area contributed by atoms with Gasteiger partial charge in [0.2, 0.25) is 5.91 Å². The summed E-state index contributed by atoms with van der Waals surface area (Å²) >= 11 is 5.70. The van der Waals surface area contributed by atoms with Crippen LogP contribution < -0.4 is 5.32 Å². The average Bonchev–Trinajstić information content (AvgIpc) is 3.00. The SMILES string of the molecule is O=C(C[C@@H]1C(=O)N(Cc2ccccc2)C(=S)N1Cc1ccccc1)Nc1ccccc1. The van der Waals surface area contributed by atoms with E-state index in [1.54, 1.807) is 4.90 Å². The van der Waals surface area contributed by atoms with Crippen LogP contribution in [0.25, 0.3) is 0 Å². The highest BCUT2D eigenvalue weighted by molar-refractivity contribution is 7.80. The van der Waals surface area contributed by atoms with Crippen LogP contribution in [0.15, 0.2) is 91.0 Å². The van der Waals surface area contributed by atoms with Crippen LogP contribution in [0.3, 0.4) is 0 Å². The second kappa shape index (κ2) is 9.53. The Morgan fingerprint density at radius 3 is 1.90 bits per heavy atom. The molecule has 3 aromatic carbocycles. The second-order valence-electron chi connectivity index (χ2n) is 7.44. The second-order valence-corrected chi connectivity index (χ2v) is 7.81. The van der Waals surface area contributed by atoms with E-state index in [0.29, 0.717) is 23.9 Å². The number of carbonyl (C=O) groups is 2. The molecule has 0 unspecified atom stereocenters. The van der Waals surface area contributed by atoms with Gasteiger partial charge < -0.3 is 10.2 Å². The van der Waals surface area contributed by atoms with E-state index in [0.717, 1.165) is 11.1 Å². The van der Waals surface area contributed by atoms with Gasteiger partial charge in [0.15, 0.2) is 5.11 Å². The van der Waals surface area contributed by atoms with E-state index >= 15 is 0 Å². The first-order chi connectivity index (χ1) is 15.1. The lowest BCUT2D eigenvalue weighted by atomic mass is 10.1. The summed E-state index contributed by atoms with van der Waals surface area (Å²) < 4.78 is 0. The molecular weight excluding hydrogens is 406 g/mol. The molecule has 0 spiro atoms. The number of benzene rings is 3. The molecule has 0 aromatic heterocycles. The van der Waals surface area contributed by atoms with E-state index in [2.05, 4.69) is 5.32 Å². The van der Waals surface area contributed by atoms with Crippen LogP contribution in [0.5, 0.6) is 0 Å². The first kappa shape index (κ1) is 20.8. The van der Waals surface area contributed by atoms with Gasteiger partial charge in [-0.2, -0.15) is 0 Å². The highest BCUT2D eigenvalue weighted by Gasteiger charge is 2.43. The quantitative estimate of drug-likeness (QED) is 0.572. The largest absolute Gasteiger partial charge is 0.332 e. The number of hydrogen-bond donors (Lipinski definition) is 1. The molecule has 1 atom stereocenters. The molecule has 4 rings (SSSR count). The molecule has 1 fully saturated rings. The lowest BCUT2D eigenvalue weighted by molar-refractivity contribution is -0.131. The summed E-state index contributed by atoms with van der Waals surface area (Å²) in [5.41, 5.74) is 2.73. The summed E-state index contributed by atoms with van der Waals surface area (Å²) in [5.74, 6) is -0.361. The van der Waals surface area contributed by atoms with Gasteiger partial charge in [0.05, 0.1) is 13.0 Å². The average molecular weight is 430 g/mol. The molecule has 0 saturated carbocycles. The Bertz CT molecular complexity index is 1060. The van der Waals surface area contributed by atoms with Crippen LogP contribution >= 0.6 is 12.2 Å². The topological polar surface area (TPSA) is 52.7 Å². The third-order valence-electron chi connectivity index (χ3n) is 5.22. The van der Waals surface area contributed by atoms with Gasteiger partial charge in [0.25, 0.3) is 5.91 Å². The van der Waals surface area contributed by atoms with Crippen molar-refractivity contribution in [3.8, 4) is 0 Å². The molecule has 1 saturated heterocycles. The fourth-order valence-corrected chi connectivity index (χ4v) is 4.02. The predicted molar refractivity (Wildman–Crippen MR) is 125 cm³/mol. The van der Waals surface area contributed by atoms with E-state index in [9.17, 15) is 9.59 Å². The zero-order valence-electron chi connectivity index (χ0n) is 17.0. The molecule has 3 aromatic rings. The van der Waals surface area contributed by atoms with Crippen LogP contribution in [-0.2, 0) is 22.7 Å². The molecule has 1 aliphatic rings. The lowest BCUT2D eigenvalue weighted by Crippen LogP contribution is -2.37. The van der Waals surface area contributed by atoms with Crippen molar-refractivity contribution in [2.45, 2.75) is 25.6 Å². The maximum Gasteiger partial charge on any atom is 0.252 e. The van der Waals surface area contributed by atoms with Crippen molar-refractivity contribution in [1.82, 2.24) is 9.80 Å². The molecule has 156 valence electrons. The zero-order chi connectivity index (χ0) is 21.6. The monoisotopic (exact) mass is 429 g/mol. The summed E-state index contributed by atoms with van der Waals surface area (Å²) in [4.78, 5) is 29.5. The van der Waals surface area contributed by atoms with Crippen LogP contribution in [0.4, 0.5) is 5.69 Å². The van der Waals surface area contributed by atoms with Crippen molar-refractivity contribution in [2.75, 3.05) is 5.32 Å². The fraction of sp³-hybridized carbons (Fsp3) is 0.160. The Hall–Kier alpha value is -3.51. The Kier molecular flexibility index (Phi) is 6.38. The molecule has 2 amide bonds. The number of rotatable bonds is 7. The number of nitrogens with zero attached hydrogens (tertiary/aromatic N) is 2. The van der Waals surface area contributed by atoms with Crippen molar-refractivity contribution < 1.29 is 9.59 Å². The summed E-state index contributed by atoms with van der Waals surface area (Å²) in [6.45, 7) is 0.862. The molecule has 1 N–H and O–H groups in total. The third kappa shape index (κ3) is 4.98. The van der Waals surface area contributed by atoms with E-state index in [1.165, 1.54) is 0 Å². The van der Waals surface area contributed by atoms with Crippen LogP contribution in [0, 0.1) is 0 Å². The van der Waals surface area contributed by atoms with Crippen molar-refractivity contribution in [1.29, 1.82) is 0 Å². The molecule has 1 heterocycles. The van der Waals surface area contributed by atoms with Gasteiger partial charge in [-0.15, -0.1) is 0 Å². The third-order valence-corrected chi connectivity index (χ3v) is 5.67. The highest BCUT2D eigenvalue weighted by Crippen LogP contribution is 2.25. The molecule has 0 radical (unpaired) electrons. The predicted octanol–water partition coefficient (Wildman–Crippen LogP) is 4.21. The smallest absolute Gasteiger partial charge is 0.252 e. The molecule has 31 heavy (non-hydrogen) atoms. The maximum absolute atomic E-state index is 13.3. The Morgan fingerprint density at radius 1 is 0.806 bits per heavy atom. The van der Waals surface area contributed by atoms with Crippen molar-refractivity contribution in [3.05, 3.63) is 102 Å². The van der Waals surface area contributed by atoms with Crippen LogP contribution in [-0.4, -0.2) is 32.8 Å². The minimum Gasteiger partial charge on any atom is -0.332 e. The summed E-state index contributed by atoms with van der Waals surface area (Å²) in [5, 5.41) is 3.33. The maximum atomic E-state index is 13.3. The van der Waals surface area contributed by atoms with Gasteiger partial charge in [-0.3, -0.25) is 14.5 Å². The molecule has 0 bridgehead atoms. The van der Waals surface area contributed by atoms with Gasteiger partial charge in [-0.05, 0) is 35.5 Å². The van der Waals surface area contributed by atoms with Gasteiger partial charge in [0.1, 0.15) is 6.04 Å². The number of para-hydroxylation sites is 1. The van der Waals surface area contributed by atoms with Gasteiger partial charge in [-0.1, -0.05) is 78.9 Å². The molecule has 0 aliphatic carbocycles. The number of thiocarbonyl (C=S) groups is 1. The zero-order valence-corrected chi connectivity index (χ0v) is 17.8. The number of anilines is 1. The Balaban J connectivity index is 1.55. The van der Waals surface area contributed by atoms with Crippen molar-refractivity contribution >= 4 is 34.8 Å². The van der Waals surface area contributed by atoms with Crippen LogP contribution in [0.2, 0.25) is 0 Å². The summed E-state index contributed by atoms with van der Waals surface area (Å²) in [6, 6.07) is 28.2. The first-order valence-corrected chi connectivity index (χ1v) is 10.6. The van der Waals surface area contributed by atoms with E-state index in [1.807, 2.05) is 95.9 Å². The van der Waals surface area contributed by atoms with Gasteiger partial charge in [0, 0.05) is 12.2 Å². The minimum absolute atomic E-state index is 0.0337. The number of amides is 2. The Labute approximate surface area is 187 Å². The minimum atomic E-state index is -0.639. The number of nitrogens with one attached hydrogen (secondary N) is 1. The first-order valence-electron chi connectivity index (χ1n) is 10.2. The normalized spacial score (nSPS) is 15.9. The Morgan fingerprint density at radius 2 is 1.32 bits per heavy atom. The summed E-state index contributed by atoms with van der Waals surface area (Å²) in [7, 11) is 0. The van der Waals surface area contributed by atoms with E-state index in [4.69, 9.17) is 12.2 Å². The van der Waals surface area contributed by atoms with Crippen molar-refractivity contribution in [3.63, 3.8) is 0 Å². The highest BCUT2D eigenvalue weighted by atomic mass is 32.1. The van der Waals surface area contributed by atoms with Gasteiger partial charge >= 0.3 is 0 Å². The van der Waals surface area contributed by atoms with E-state index < -0.39 is 6.04 Å². The van der Waals surface area contributed by atoms with Crippen LogP contribution in [0.1, 0.15) is 17.5 Å². The fourth-order valence-electron chi connectivity index (χ4n) is 3.67. The number of hydrogen-bond acceptors (Lipinski definition) is 3. The number of carbonyl (C=O) groups excluding carboxylic acids is 2. The molecule has 5 nitrogen and oxygen atoms in total.